The Labute approximate surface area is 156 Å². The number of aromatic nitrogens is 3. The van der Waals surface area contributed by atoms with Crippen LogP contribution in [0.3, 0.4) is 0 Å². The van der Waals surface area contributed by atoms with Gasteiger partial charge in [-0.3, -0.25) is 4.79 Å². The Morgan fingerprint density at radius 1 is 0.889 bits per heavy atom. The van der Waals surface area contributed by atoms with Crippen molar-refractivity contribution >= 4 is 5.78 Å². The van der Waals surface area contributed by atoms with Crippen LogP contribution in [0.15, 0.2) is 85.1 Å². The third-order valence-corrected chi connectivity index (χ3v) is 4.31. The van der Waals surface area contributed by atoms with Crippen LogP contribution in [-0.2, 0) is 0 Å². The highest BCUT2D eigenvalue weighted by atomic mass is 16.5. The molecular formula is C22H17N3O2. The summed E-state index contributed by atoms with van der Waals surface area (Å²) in [5.41, 5.74) is 3.51. The minimum absolute atomic E-state index is 0.0369. The van der Waals surface area contributed by atoms with Gasteiger partial charge in [0.25, 0.3) is 0 Å². The largest absolute Gasteiger partial charge is 0.497 e. The zero-order chi connectivity index (χ0) is 18.6. The van der Waals surface area contributed by atoms with E-state index in [4.69, 9.17) is 4.74 Å². The molecule has 27 heavy (non-hydrogen) atoms. The van der Waals surface area contributed by atoms with Gasteiger partial charge < -0.3 is 4.74 Å². The molecule has 0 spiro atoms. The van der Waals surface area contributed by atoms with Crippen molar-refractivity contribution in [2.75, 3.05) is 7.11 Å². The van der Waals surface area contributed by atoms with Crippen molar-refractivity contribution in [3.8, 4) is 22.7 Å². The first-order valence-electron chi connectivity index (χ1n) is 8.52. The van der Waals surface area contributed by atoms with Crippen molar-refractivity contribution in [2.45, 2.75) is 0 Å². The molecule has 0 N–H and O–H groups in total. The molecule has 0 bridgehead atoms. The molecule has 0 aliphatic carbocycles. The average molecular weight is 355 g/mol. The van der Waals surface area contributed by atoms with Gasteiger partial charge in [0.15, 0.2) is 5.78 Å². The number of rotatable bonds is 5. The highest BCUT2D eigenvalue weighted by Gasteiger charge is 2.16. The van der Waals surface area contributed by atoms with Crippen molar-refractivity contribution in [1.82, 2.24) is 15.0 Å². The van der Waals surface area contributed by atoms with E-state index in [1.165, 1.54) is 0 Å². The predicted molar refractivity (Wildman–Crippen MR) is 103 cm³/mol. The first-order valence-corrected chi connectivity index (χ1v) is 8.52. The van der Waals surface area contributed by atoms with Crippen molar-refractivity contribution in [3.63, 3.8) is 0 Å². The molecule has 0 saturated heterocycles. The minimum Gasteiger partial charge on any atom is -0.497 e. The van der Waals surface area contributed by atoms with Crippen LogP contribution in [0.25, 0.3) is 16.9 Å². The Morgan fingerprint density at radius 3 is 2.33 bits per heavy atom. The first-order chi connectivity index (χ1) is 13.3. The maximum atomic E-state index is 12.9. The molecule has 4 aromatic rings. The zero-order valence-electron chi connectivity index (χ0n) is 14.7. The quantitative estimate of drug-likeness (QED) is 0.504. The molecule has 0 aliphatic heterocycles. The lowest BCUT2D eigenvalue weighted by Gasteiger charge is -2.06. The van der Waals surface area contributed by atoms with E-state index in [9.17, 15) is 4.79 Å². The highest BCUT2D eigenvalue weighted by Crippen LogP contribution is 2.25. The van der Waals surface area contributed by atoms with Crippen molar-refractivity contribution < 1.29 is 9.53 Å². The van der Waals surface area contributed by atoms with E-state index in [2.05, 4.69) is 10.3 Å². The summed E-state index contributed by atoms with van der Waals surface area (Å²) in [7, 11) is 1.63. The van der Waals surface area contributed by atoms with E-state index in [0.717, 1.165) is 17.0 Å². The summed E-state index contributed by atoms with van der Waals surface area (Å²) >= 11 is 0. The summed E-state index contributed by atoms with van der Waals surface area (Å²) in [6.07, 6.45) is 1.82. The van der Waals surface area contributed by atoms with Gasteiger partial charge in [-0.15, -0.1) is 5.10 Å². The predicted octanol–water partition coefficient (Wildman–Crippen LogP) is 4.17. The van der Waals surface area contributed by atoms with E-state index in [1.54, 1.807) is 11.8 Å². The van der Waals surface area contributed by atoms with Crippen LogP contribution < -0.4 is 4.74 Å². The van der Waals surface area contributed by atoms with Gasteiger partial charge in [0.05, 0.1) is 19.0 Å². The maximum absolute atomic E-state index is 12.9. The molecule has 5 heteroatoms. The van der Waals surface area contributed by atoms with Gasteiger partial charge in [-0.1, -0.05) is 59.8 Å². The Balaban J connectivity index is 1.71. The van der Waals surface area contributed by atoms with E-state index in [1.807, 2.05) is 85.1 Å². The van der Waals surface area contributed by atoms with E-state index < -0.39 is 0 Å². The first kappa shape index (κ1) is 16.7. The number of nitrogens with zero attached hydrogens (tertiary/aromatic N) is 3. The summed E-state index contributed by atoms with van der Waals surface area (Å²) in [5, 5.41) is 8.48. The molecule has 5 nitrogen and oxygen atoms in total. The number of carbonyl (C=O) groups is 1. The van der Waals surface area contributed by atoms with Crippen LogP contribution >= 0.6 is 0 Å². The van der Waals surface area contributed by atoms with E-state index in [0.29, 0.717) is 16.8 Å². The number of hydrogen-bond donors (Lipinski definition) is 0. The van der Waals surface area contributed by atoms with Gasteiger partial charge in [-0.25, -0.2) is 4.68 Å². The fourth-order valence-electron chi connectivity index (χ4n) is 2.90. The topological polar surface area (TPSA) is 57.0 Å². The molecular weight excluding hydrogens is 338 g/mol. The van der Waals surface area contributed by atoms with Crippen LogP contribution in [0.4, 0.5) is 0 Å². The fourth-order valence-corrected chi connectivity index (χ4v) is 2.90. The summed E-state index contributed by atoms with van der Waals surface area (Å²) in [6.45, 7) is 0. The summed E-state index contributed by atoms with van der Waals surface area (Å²) in [5.74, 6) is 0.739. The van der Waals surface area contributed by atoms with Crippen molar-refractivity contribution in [2.24, 2.45) is 0 Å². The van der Waals surface area contributed by atoms with Crippen molar-refractivity contribution in [3.05, 3.63) is 96.2 Å². The van der Waals surface area contributed by atoms with Crippen molar-refractivity contribution in [1.29, 1.82) is 0 Å². The third-order valence-electron chi connectivity index (χ3n) is 4.31. The molecule has 1 heterocycles. The number of benzene rings is 3. The lowest BCUT2D eigenvalue weighted by atomic mass is 9.97. The lowest BCUT2D eigenvalue weighted by molar-refractivity contribution is 0.103. The summed E-state index contributed by atoms with van der Waals surface area (Å²) < 4.78 is 6.86. The molecule has 4 rings (SSSR count). The number of ketones is 1. The van der Waals surface area contributed by atoms with Crippen LogP contribution in [0, 0.1) is 0 Å². The van der Waals surface area contributed by atoms with Gasteiger partial charge >= 0.3 is 0 Å². The maximum Gasteiger partial charge on any atom is 0.193 e. The van der Waals surface area contributed by atoms with Gasteiger partial charge in [0.1, 0.15) is 11.4 Å². The molecule has 3 aromatic carbocycles. The monoisotopic (exact) mass is 355 g/mol. The molecule has 0 atom stereocenters. The third kappa shape index (κ3) is 3.35. The normalized spacial score (nSPS) is 10.6. The molecule has 0 amide bonds. The van der Waals surface area contributed by atoms with Crippen LogP contribution in [0.2, 0.25) is 0 Å². The number of carbonyl (C=O) groups excluding carboxylic acids is 1. The standard InChI is InChI=1S/C22H17N3O2/c1-27-18-13-11-17(12-14-18)25-15-21(23-24-25)19-9-5-6-10-20(19)22(26)16-7-3-2-4-8-16/h2-15H,1H3. The highest BCUT2D eigenvalue weighted by molar-refractivity contribution is 6.12. The number of ether oxygens (including phenoxy) is 1. The summed E-state index contributed by atoms with van der Waals surface area (Å²) in [4.78, 5) is 12.9. The molecule has 132 valence electrons. The SMILES string of the molecule is COc1ccc(-n2cc(-c3ccccc3C(=O)c3ccccc3)nn2)cc1. The fraction of sp³-hybridized carbons (Fsp3) is 0.0455. The second kappa shape index (κ2) is 7.25. The van der Waals surface area contributed by atoms with Gasteiger partial charge in [0.2, 0.25) is 0 Å². The summed E-state index contributed by atoms with van der Waals surface area (Å²) in [6, 6.07) is 24.2. The molecule has 0 saturated carbocycles. The Hall–Kier alpha value is -3.73. The van der Waals surface area contributed by atoms with Crippen LogP contribution in [-0.4, -0.2) is 27.9 Å². The Bertz CT molecular complexity index is 1070. The molecule has 0 fully saturated rings. The smallest absolute Gasteiger partial charge is 0.193 e. The van der Waals surface area contributed by atoms with Gasteiger partial charge in [-0.05, 0) is 24.3 Å². The Morgan fingerprint density at radius 2 is 1.59 bits per heavy atom. The number of methoxy groups -OCH3 is 1. The Kier molecular flexibility index (Phi) is 4.49. The molecule has 0 radical (unpaired) electrons. The molecule has 1 aromatic heterocycles. The van der Waals surface area contributed by atoms with E-state index in [-0.39, 0.29) is 5.78 Å². The van der Waals surface area contributed by atoms with E-state index >= 15 is 0 Å². The average Bonchev–Trinajstić information content (AvgIpc) is 3.24. The lowest BCUT2D eigenvalue weighted by Crippen LogP contribution is -2.03. The zero-order valence-corrected chi connectivity index (χ0v) is 14.7. The van der Waals surface area contributed by atoms with Crippen LogP contribution in [0.1, 0.15) is 15.9 Å². The minimum atomic E-state index is -0.0369. The van der Waals surface area contributed by atoms with Gasteiger partial charge in [0, 0.05) is 16.7 Å². The van der Waals surface area contributed by atoms with Gasteiger partial charge in [-0.2, -0.15) is 0 Å². The number of hydrogen-bond acceptors (Lipinski definition) is 4. The molecule has 0 aliphatic rings. The second-order valence-corrected chi connectivity index (χ2v) is 5.99. The van der Waals surface area contributed by atoms with Crippen LogP contribution in [0.5, 0.6) is 5.75 Å². The molecule has 0 unspecified atom stereocenters. The second-order valence-electron chi connectivity index (χ2n) is 5.99.